The molecule has 1 unspecified atom stereocenters. The molecule has 1 aromatic heterocycles. The smallest absolute Gasteiger partial charge is 0.290 e. The Kier molecular flexibility index (Phi) is 5.44. The van der Waals surface area contributed by atoms with E-state index in [1.54, 1.807) is 23.1 Å². The topological polar surface area (TPSA) is 53.8 Å². The average molecular weight is 439 g/mol. The lowest BCUT2D eigenvalue weighted by atomic mass is 9.86. The molecule has 162 valence electrons. The molecule has 1 atom stereocenters. The number of benzene rings is 2. The van der Waals surface area contributed by atoms with Crippen molar-refractivity contribution in [1.82, 2.24) is 9.80 Å². The molecule has 2 aromatic carbocycles. The lowest BCUT2D eigenvalue weighted by Gasteiger charge is -2.27. The quantitative estimate of drug-likeness (QED) is 0.584. The van der Waals surface area contributed by atoms with Crippen molar-refractivity contribution in [1.29, 1.82) is 0 Å². The second-order valence-electron chi connectivity index (χ2n) is 9.39. The van der Waals surface area contributed by atoms with Gasteiger partial charge in [0, 0.05) is 18.1 Å². The number of nitrogens with zero attached hydrogens (tertiary/aromatic N) is 2. The Bertz CT molecular complexity index is 1210. The second kappa shape index (κ2) is 7.81. The van der Waals surface area contributed by atoms with Crippen LogP contribution in [0.15, 0.2) is 51.7 Å². The Hall–Kier alpha value is -2.63. The first-order valence-electron chi connectivity index (χ1n) is 10.4. The predicted molar refractivity (Wildman–Crippen MR) is 124 cm³/mol. The summed E-state index contributed by atoms with van der Waals surface area (Å²) in [7, 11) is 3.92. The fourth-order valence-electron chi connectivity index (χ4n) is 4.04. The molecule has 1 aliphatic heterocycles. The van der Waals surface area contributed by atoms with Crippen molar-refractivity contribution in [2.75, 3.05) is 27.2 Å². The van der Waals surface area contributed by atoms with Gasteiger partial charge in [0.05, 0.1) is 17.0 Å². The van der Waals surface area contributed by atoms with Gasteiger partial charge in [0.15, 0.2) is 5.43 Å². The lowest BCUT2D eigenvalue weighted by molar-refractivity contribution is 0.0716. The summed E-state index contributed by atoms with van der Waals surface area (Å²) in [5.41, 5.74) is 2.66. The van der Waals surface area contributed by atoms with Crippen molar-refractivity contribution in [2.24, 2.45) is 0 Å². The third-order valence-corrected chi connectivity index (χ3v) is 6.04. The number of fused-ring (bicyclic) bond motifs is 2. The Labute approximate surface area is 187 Å². The zero-order chi connectivity index (χ0) is 22.5. The molecule has 0 fully saturated rings. The monoisotopic (exact) mass is 438 g/mol. The number of carbonyl (C=O) groups excluding carboxylic acids is 1. The fraction of sp³-hybridized carbons (Fsp3) is 0.360. The SMILES string of the molecule is CN(C)CCN1C(=O)c2oc3ccc(Cl)cc3c(=O)c2C1c1ccc(C(C)(C)C)cc1. The molecule has 4 rings (SSSR count). The van der Waals surface area contributed by atoms with Gasteiger partial charge in [-0.05, 0) is 48.8 Å². The zero-order valence-corrected chi connectivity index (χ0v) is 19.3. The van der Waals surface area contributed by atoms with E-state index in [-0.39, 0.29) is 22.5 Å². The molecule has 31 heavy (non-hydrogen) atoms. The first kappa shape index (κ1) is 21.6. The van der Waals surface area contributed by atoms with Crippen molar-refractivity contribution in [3.63, 3.8) is 0 Å². The molecule has 5 nitrogen and oxygen atoms in total. The number of hydrogen-bond acceptors (Lipinski definition) is 4. The highest BCUT2D eigenvalue weighted by atomic mass is 35.5. The van der Waals surface area contributed by atoms with Crippen LogP contribution in [-0.2, 0) is 5.41 Å². The molecule has 6 heteroatoms. The molecule has 1 amide bonds. The van der Waals surface area contributed by atoms with Gasteiger partial charge in [0.1, 0.15) is 5.58 Å². The summed E-state index contributed by atoms with van der Waals surface area (Å²) in [4.78, 5) is 30.6. The van der Waals surface area contributed by atoms with Gasteiger partial charge in [-0.25, -0.2) is 0 Å². The van der Waals surface area contributed by atoms with E-state index in [0.29, 0.717) is 34.6 Å². The van der Waals surface area contributed by atoms with Gasteiger partial charge in [-0.1, -0.05) is 56.6 Å². The molecule has 0 N–H and O–H groups in total. The van der Waals surface area contributed by atoms with Crippen LogP contribution in [0.5, 0.6) is 0 Å². The summed E-state index contributed by atoms with van der Waals surface area (Å²) in [5.74, 6) is -0.126. The van der Waals surface area contributed by atoms with Gasteiger partial charge in [-0.2, -0.15) is 0 Å². The minimum Gasteiger partial charge on any atom is -0.450 e. The van der Waals surface area contributed by atoms with Crippen LogP contribution >= 0.6 is 11.6 Å². The number of hydrogen-bond donors (Lipinski definition) is 0. The summed E-state index contributed by atoms with van der Waals surface area (Å²) in [5, 5.41) is 0.851. The second-order valence-corrected chi connectivity index (χ2v) is 9.83. The van der Waals surface area contributed by atoms with E-state index in [9.17, 15) is 9.59 Å². The van der Waals surface area contributed by atoms with Crippen LogP contribution < -0.4 is 5.43 Å². The molecule has 3 aromatic rings. The van der Waals surface area contributed by atoms with Crippen LogP contribution in [0.25, 0.3) is 11.0 Å². The van der Waals surface area contributed by atoms with Gasteiger partial charge in [0.2, 0.25) is 5.76 Å². The minimum absolute atomic E-state index is 0.0124. The maximum Gasteiger partial charge on any atom is 0.290 e. The molecule has 0 bridgehead atoms. The van der Waals surface area contributed by atoms with Crippen LogP contribution in [0.4, 0.5) is 0 Å². The van der Waals surface area contributed by atoms with Crippen LogP contribution in [0.1, 0.15) is 54.1 Å². The third-order valence-electron chi connectivity index (χ3n) is 5.81. The number of halogens is 1. The van der Waals surface area contributed by atoms with Gasteiger partial charge in [-0.15, -0.1) is 0 Å². The maximum atomic E-state index is 13.5. The molecular weight excluding hydrogens is 412 g/mol. The van der Waals surface area contributed by atoms with Crippen molar-refractivity contribution in [2.45, 2.75) is 32.2 Å². The number of rotatable bonds is 4. The Morgan fingerprint density at radius 2 is 1.74 bits per heavy atom. The maximum absolute atomic E-state index is 13.5. The molecule has 0 saturated carbocycles. The van der Waals surface area contributed by atoms with E-state index in [1.807, 2.05) is 31.1 Å². The summed E-state index contributed by atoms with van der Waals surface area (Å²) in [6, 6.07) is 12.6. The van der Waals surface area contributed by atoms with Crippen LogP contribution in [0.3, 0.4) is 0 Å². The summed E-state index contributed by atoms with van der Waals surface area (Å²) in [6.07, 6.45) is 0. The third kappa shape index (κ3) is 3.88. The Morgan fingerprint density at radius 1 is 1.06 bits per heavy atom. The summed E-state index contributed by atoms with van der Waals surface area (Å²) < 4.78 is 5.96. The van der Waals surface area contributed by atoms with Gasteiger partial charge in [0.25, 0.3) is 5.91 Å². The van der Waals surface area contributed by atoms with Gasteiger partial charge >= 0.3 is 0 Å². The van der Waals surface area contributed by atoms with E-state index < -0.39 is 6.04 Å². The number of amides is 1. The van der Waals surface area contributed by atoms with Gasteiger partial charge < -0.3 is 14.2 Å². The minimum atomic E-state index is -0.490. The molecule has 0 aliphatic carbocycles. The standard InChI is InChI=1S/C25H27ClN2O3/c1-25(2,3)16-8-6-15(7-9-16)21-20-22(29)18-14-17(26)10-11-19(18)31-23(20)24(30)28(21)13-12-27(4)5/h6-11,14,21H,12-13H2,1-5H3. The number of likely N-dealkylation sites (N-methyl/N-ethyl adjacent to an activating group) is 1. The summed E-state index contributed by atoms with van der Waals surface area (Å²) >= 11 is 6.13. The molecule has 0 saturated heterocycles. The lowest BCUT2D eigenvalue weighted by Crippen LogP contribution is -2.35. The molecule has 1 aliphatic rings. The highest BCUT2D eigenvalue weighted by Crippen LogP contribution is 2.38. The average Bonchev–Trinajstić information content (AvgIpc) is 2.98. The highest BCUT2D eigenvalue weighted by Gasteiger charge is 2.42. The van der Waals surface area contributed by atoms with Crippen LogP contribution in [-0.4, -0.2) is 42.9 Å². The Balaban J connectivity index is 1.90. The normalized spacial score (nSPS) is 16.4. The van der Waals surface area contributed by atoms with E-state index in [0.717, 1.165) is 5.56 Å². The summed E-state index contributed by atoms with van der Waals surface area (Å²) in [6.45, 7) is 7.63. The predicted octanol–water partition coefficient (Wildman–Crippen LogP) is 4.85. The van der Waals surface area contributed by atoms with Crippen molar-refractivity contribution in [3.05, 3.63) is 80.2 Å². The molecule has 0 spiro atoms. The van der Waals surface area contributed by atoms with Crippen LogP contribution in [0, 0.1) is 0 Å². The Morgan fingerprint density at radius 3 is 2.35 bits per heavy atom. The van der Waals surface area contributed by atoms with E-state index in [2.05, 4.69) is 32.9 Å². The van der Waals surface area contributed by atoms with Crippen molar-refractivity contribution < 1.29 is 9.21 Å². The van der Waals surface area contributed by atoms with Crippen LogP contribution in [0.2, 0.25) is 5.02 Å². The largest absolute Gasteiger partial charge is 0.450 e. The highest BCUT2D eigenvalue weighted by molar-refractivity contribution is 6.31. The first-order valence-corrected chi connectivity index (χ1v) is 10.8. The fourth-order valence-corrected chi connectivity index (χ4v) is 4.22. The zero-order valence-electron chi connectivity index (χ0n) is 18.5. The molecular formula is C25H27ClN2O3. The van der Waals surface area contributed by atoms with Gasteiger partial charge in [-0.3, -0.25) is 9.59 Å². The van der Waals surface area contributed by atoms with Crippen molar-refractivity contribution in [3.8, 4) is 0 Å². The number of carbonyl (C=O) groups is 1. The first-order chi connectivity index (χ1) is 14.6. The molecule has 0 radical (unpaired) electrons. The molecule has 2 heterocycles. The van der Waals surface area contributed by atoms with Crippen molar-refractivity contribution >= 4 is 28.5 Å². The van der Waals surface area contributed by atoms with E-state index in [4.69, 9.17) is 16.0 Å². The van der Waals surface area contributed by atoms with E-state index >= 15 is 0 Å². The van der Waals surface area contributed by atoms with E-state index in [1.165, 1.54) is 5.56 Å².